The van der Waals surface area contributed by atoms with E-state index in [2.05, 4.69) is 9.97 Å². The summed E-state index contributed by atoms with van der Waals surface area (Å²) in [5.41, 5.74) is 0. The molecule has 1 aromatic heterocycles. The van der Waals surface area contributed by atoms with E-state index in [0.29, 0.717) is 13.0 Å². The van der Waals surface area contributed by atoms with Gasteiger partial charge in [-0.2, -0.15) is 0 Å². The predicted molar refractivity (Wildman–Crippen MR) is 58.8 cm³/mol. The SMILES string of the molecule is COCCC(=O)N1CCCC1c1ncc[nH]1. The highest BCUT2D eigenvalue weighted by Gasteiger charge is 2.30. The van der Waals surface area contributed by atoms with E-state index in [4.69, 9.17) is 4.74 Å². The van der Waals surface area contributed by atoms with E-state index in [-0.39, 0.29) is 11.9 Å². The van der Waals surface area contributed by atoms with Gasteiger partial charge in [-0.05, 0) is 12.8 Å². The number of hydrogen-bond acceptors (Lipinski definition) is 3. The second-order valence-corrected chi connectivity index (χ2v) is 3.96. The number of nitrogens with zero attached hydrogens (tertiary/aromatic N) is 2. The maximum absolute atomic E-state index is 11.9. The zero-order valence-corrected chi connectivity index (χ0v) is 9.48. The van der Waals surface area contributed by atoms with Crippen molar-refractivity contribution in [2.24, 2.45) is 0 Å². The van der Waals surface area contributed by atoms with Crippen molar-refractivity contribution in [3.05, 3.63) is 18.2 Å². The highest BCUT2D eigenvalue weighted by molar-refractivity contribution is 5.77. The van der Waals surface area contributed by atoms with Gasteiger partial charge in [-0.25, -0.2) is 4.98 Å². The fourth-order valence-corrected chi connectivity index (χ4v) is 2.14. The van der Waals surface area contributed by atoms with Gasteiger partial charge in [0.05, 0.1) is 19.1 Å². The maximum atomic E-state index is 11.9. The van der Waals surface area contributed by atoms with Crippen LogP contribution in [0.2, 0.25) is 0 Å². The van der Waals surface area contributed by atoms with Gasteiger partial charge in [0.1, 0.15) is 5.82 Å². The fraction of sp³-hybridized carbons (Fsp3) is 0.636. The minimum absolute atomic E-state index is 0.124. The average molecular weight is 223 g/mol. The summed E-state index contributed by atoms with van der Waals surface area (Å²) in [4.78, 5) is 21.1. The highest BCUT2D eigenvalue weighted by atomic mass is 16.5. The second-order valence-electron chi connectivity index (χ2n) is 3.96. The molecule has 1 aliphatic rings. The van der Waals surface area contributed by atoms with Gasteiger partial charge < -0.3 is 14.6 Å². The molecule has 1 saturated heterocycles. The van der Waals surface area contributed by atoms with E-state index >= 15 is 0 Å². The third-order valence-electron chi connectivity index (χ3n) is 2.93. The first-order chi connectivity index (χ1) is 7.83. The van der Waals surface area contributed by atoms with Gasteiger partial charge in [-0.3, -0.25) is 4.79 Å². The van der Waals surface area contributed by atoms with Crippen LogP contribution in [0, 0.1) is 0 Å². The highest BCUT2D eigenvalue weighted by Crippen LogP contribution is 2.29. The van der Waals surface area contributed by atoms with Crippen LogP contribution in [-0.2, 0) is 9.53 Å². The Labute approximate surface area is 94.8 Å². The molecule has 0 aliphatic carbocycles. The number of imidazole rings is 1. The number of carbonyl (C=O) groups excluding carboxylic acids is 1. The third kappa shape index (κ3) is 2.24. The van der Waals surface area contributed by atoms with E-state index in [0.717, 1.165) is 25.2 Å². The molecule has 0 saturated carbocycles. The fourth-order valence-electron chi connectivity index (χ4n) is 2.14. The number of carbonyl (C=O) groups is 1. The Kier molecular flexibility index (Phi) is 3.56. The molecule has 2 rings (SSSR count). The first kappa shape index (κ1) is 11.1. The summed E-state index contributed by atoms with van der Waals surface area (Å²) in [5, 5.41) is 0. The van der Waals surface area contributed by atoms with Crippen LogP contribution >= 0.6 is 0 Å². The number of nitrogens with one attached hydrogen (secondary N) is 1. The van der Waals surface area contributed by atoms with Gasteiger partial charge >= 0.3 is 0 Å². The molecule has 0 spiro atoms. The number of ether oxygens (including phenoxy) is 1. The van der Waals surface area contributed by atoms with Gasteiger partial charge in [0.15, 0.2) is 0 Å². The van der Waals surface area contributed by atoms with Crippen molar-refractivity contribution >= 4 is 5.91 Å². The van der Waals surface area contributed by atoms with Gasteiger partial charge in [0, 0.05) is 26.0 Å². The molecule has 5 heteroatoms. The summed E-state index contributed by atoms with van der Waals surface area (Å²) >= 11 is 0. The lowest BCUT2D eigenvalue weighted by Crippen LogP contribution is -2.31. The predicted octanol–water partition coefficient (Wildman–Crippen LogP) is 1.11. The monoisotopic (exact) mass is 223 g/mol. The lowest BCUT2D eigenvalue weighted by molar-refractivity contribution is -0.133. The molecule has 1 aliphatic heterocycles. The Hall–Kier alpha value is -1.36. The molecule has 0 bridgehead atoms. The summed E-state index contributed by atoms with van der Waals surface area (Å²) in [5.74, 6) is 1.05. The summed E-state index contributed by atoms with van der Waals surface area (Å²) in [6, 6.07) is 0.124. The first-order valence-corrected chi connectivity index (χ1v) is 5.60. The number of rotatable bonds is 4. The molecule has 2 heterocycles. The van der Waals surface area contributed by atoms with Crippen LogP contribution in [0.3, 0.4) is 0 Å². The lowest BCUT2D eigenvalue weighted by atomic mass is 10.2. The minimum atomic E-state index is 0.124. The Bertz CT molecular complexity index is 337. The van der Waals surface area contributed by atoms with E-state index in [9.17, 15) is 4.79 Å². The molecule has 16 heavy (non-hydrogen) atoms. The molecule has 1 amide bonds. The molecule has 5 nitrogen and oxygen atoms in total. The third-order valence-corrected chi connectivity index (χ3v) is 2.93. The average Bonchev–Trinajstić information content (AvgIpc) is 2.94. The van der Waals surface area contributed by atoms with E-state index in [1.54, 1.807) is 19.5 Å². The number of H-pyrrole nitrogens is 1. The number of aromatic amines is 1. The topological polar surface area (TPSA) is 58.2 Å². The molecule has 88 valence electrons. The van der Waals surface area contributed by atoms with Crippen LogP contribution in [0.4, 0.5) is 0 Å². The van der Waals surface area contributed by atoms with Gasteiger partial charge in [0.2, 0.25) is 5.91 Å². The van der Waals surface area contributed by atoms with Crippen molar-refractivity contribution in [3.63, 3.8) is 0 Å². The molecular weight excluding hydrogens is 206 g/mol. The van der Waals surface area contributed by atoms with Crippen LogP contribution in [-0.4, -0.2) is 41.0 Å². The molecule has 1 aromatic rings. The van der Waals surface area contributed by atoms with Crippen molar-refractivity contribution in [1.82, 2.24) is 14.9 Å². The van der Waals surface area contributed by atoms with Crippen LogP contribution in [0.1, 0.15) is 31.1 Å². The summed E-state index contributed by atoms with van der Waals surface area (Å²) in [6.45, 7) is 1.31. The molecule has 0 aromatic carbocycles. The quantitative estimate of drug-likeness (QED) is 0.831. The van der Waals surface area contributed by atoms with Gasteiger partial charge in [-0.1, -0.05) is 0 Å². The summed E-state index contributed by atoms with van der Waals surface area (Å²) < 4.78 is 4.93. The molecule has 1 N–H and O–H groups in total. The normalized spacial score (nSPS) is 20.3. The number of hydrogen-bond donors (Lipinski definition) is 1. The van der Waals surface area contributed by atoms with Gasteiger partial charge in [-0.15, -0.1) is 0 Å². The molecule has 1 fully saturated rings. The number of methoxy groups -OCH3 is 1. The van der Waals surface area contributed by atoms with Crippen LogP contribution < -0.4 is 0 Å². The van der Waals surface area contributed by atoms with Crippen molar-refractivity contribution in [2.45, 2.75) is 25.3 Å². The summed E-state index contributed by atoms with van der Waals surface area (Å²) in [6.07, 6.45) is 6.01. The van der Waals surface area contributed by atoms with E-state index in [1.807, 2.05) is 4.90 Å². The molecule has 0 radical (unpaired) electrons. The Morgan fingerprint density at radius 2 is 2.62 bits per heavy atom. The van der Waals surface area contributed by atoms with Crippen LogP contribution in [0.5, 0.6) is 0 Å². The number of aromatic nitrogens is 2. The Morgan fingerprint density at radius 3 is 3.31 bits per heavy atom. The minimum Gasteiger partial charge on any atom is -0.384 e. The lowest BCUT2D eigenvalue weighted by Gasteiger charge is -2.23. The second kappa shape index (κ2) is 5.12. The molecule has 1 atom stereocenters. The Balaban J connectivity index is 2.01. The smallest absolute Gasteiger partial charge is 0.225 e. The first-order valence-electron chi connectivity index (χ1n) is 5.60. The van der Waals surface area contributed by atoms with Gasteiger partial charge in [0.25, 0.3) is 0 Å². The van der Waals surface area contributed by atoms with Crippen molar-refractivity contribution in [2.75, 3.05) is 20.3 Å². The summed E-state index contributed by atoms with van der Waals surface area (Å²) in [7, 11) is 1.61. The molecular formula is C11H17N3O2. The Morgan fingerprint density at radius 1 is 1.75 bits per heavy atom. The van der Waals surface area contributed by atoms with E-state index < -0.39 is 0 Å². The largest absolute Gasteiger partial charge is 0.384 e. The van der Waals surface area contributed by atoms with Crippen molar-refractivity contribution in [1.29, 1.82) is 0 Å². The zero-order chi connectivity index (χ0) is 11.4. The standard InChI is InChI=1S/C11H17N3O2/c1-16-8-4-10(15)14-7-2-3-9(14)11-12-5-6-13-11/h5-6,9H,2-4,7-8H2,1H3,(H,12,13). The van der Waals surface area contributed by atoms with E-state index in [1.165, 1.54) is 0 Å². The van der Waals surface area contributed by atoms with Crippen molar-refractivity contribution < 1.29 is 9.53 Å². The number of amides is 1. The number of likely N-dealkylation sites (tertiary alicyclic amines) is 1. The van der Waals surface area contributed by atoms with Crippen LogP contribution in [0.25, 0.3) is 0 Å². The van der Waals surface area contributed by atoms with Crippen molar-refractivity contribution in [3.8, 4) is 0 Å². The molecule has 1 unspecified atom stereocenters. The van der Waals surface area contributed by atoms with Crippen LogP contribution in [0.15, 0.2) is 12.4 Å². The maximum Gasteiger partial charge on any atom is 0.225 e. The zero-order valence-electron chi connectivity index (χ0n) is 9.48.